The Hall–Kier alpha value is -3.26. The first kappa shape index (κ1) is 22.5. The van der Waals surface area contributed by atoms with Gasteiger partial charge in [0, 0.05) is 45.0 Å². The number of nitrogens with zero attached hydrogens (tertiary/aromatic N) is 8. The lowest BCUT2D eigenvalue weighted by Gasteiger charge is -2.50. The van der Waals surface area contributed by atoms with Crippen LogP contribution in [0.1, 0.15) is 29.2 Å². The second-order valence-electron chi connectivity index (χ2n) is 9.20. The molecule has 0 aliphatic carbocycles. The molecular formula is C24H27FN8O. The summed E-state index contributed by atoms with van der Waals surface area (Å²) in [6.45, 7) is 9.01. The van der Waals surface area contributed by atoms with Gasteiger partial charge < -0.3 is 9.64 Å². The molecule has 9 nitrogen and oxygen atoms in total. The summed E-state index contributed by atoms with van der Waals surface area (Å²) in [5.74, 6) is 0.220. The Morgan fingerprint density at radius 1 is 1.26 bits per heavy atom. The molecule has 2 fully saturated rings. The van der Waals surface area contributed by atoms with E-state index in [0.717, 1.165) is 44.7 Å². The van der Waals surface area contributed by atoms with E-state index in [1.807, 2.05) is 25.3 Å². The number of piperazine rings is 1. The van der Waals surface area contributed by atoms with Crippen LogP contribution in [0.3, 0.4) is 0 Å². The third-order valence-electron chi connectivity index (χ3n) is 6.99. The van der Waals surface area contributed by atoms with Crippen LogP contribution in [0.5, 0.6) is 0 Å². The molecule has 10 heteroatoms. The Labute approximate surface area is 197 Å². The van der Waals surface area contributed by atoms with Gasteiger partial charge in [-0.05, 0) is 59.5 Å². The van der Waals surface area contributed by atoms with Gasteiger partial charge in [-0.3, -0.25) is 4.90 Å². The lowest BCUT2D eigenvalue weighted by Crippen LogP contribution is -2.62. The predicted molar refractivity (Wildman–Crippen MR) is 122 cm³/mol. The van der Waals surface area contributed by atoms with Crippen LogP contribution in [-0.4, -0.2) is 80.4 Å². The van der Waals surface area contributed by atoms with Crippen molar-refractivity contribution in [2.75, 3.05) is 39.3 Å². The van der Waals surface area contributed by atoms with Gasteiger partial charge in [0.2, 0.25) is 0 Å². The van der Waals surface area contributed by atoms with Crippen LogP contribution in [-0.2, 0) is 16.8 Å². The second-order valence-corrected chi connectivity index (χ2v) is 9.20. The Morgan fingerprint density at radius 2 is 2.15 bits per heavy atom. The van der Waals surface area contributed by atoms with Crippen molar-refractivity contribution in [1.29, 1.82) is 5.26 Å². The zero-order valence-corrected chi connectivity index (χ0v) is 19.4. The number of ether oxygens (including phenoxy) is 1. The van der Waals surface area contributed by atoms with E-state index in [4.69, 9.17) is 4.74 Å². The summed E-state index contributed by atoms with van der Waals surface area (Å²) >= 11 is 0. The number of morpholine rings is 1. The molecule has 0 N–H and O–H groups in total. The first-order valence-electron chi connectivity index (χ1n) is 11.5. The fourth-order valence-corrected chi connectivity index (χ4v) is 5.05. The van der Waals surface area contributed by atoms with E-state index in [-0.39, 0.29) is 5.56 Å². The van der Waals surface area contributed by atoms with Gasteiger partial charge in [0.15, 0.2) is 5.82 Å². The zero-order valence-electron chi connectivity index (χ0n) is 19.4. The first-order chi connectivity index (χ1) is 16.5. The number of tetrazole rings is 1. The fourth-order valence-electron chi connectivity index (χ4n) is 5.05. The molecule has 5 rings (SSSR count). The molecule has 176 valence electrons. The summed E-state index contributed by atoms with van der Waals surface area (Å²) < 4.78 is 21.9. The van der Waals surface area contributed by atoms with E-state index in [0.29, 0.717) is 24.0 Å². The van der Waals surface area contributed by atoms with Crippen LogP contribution in [0.2, 0.25) is 0 Å². The van der Waals surface area contributed by atoms with E-state index in [9.17, 15) is 9.65 Å². The van der Waals surface area contributed by atoms with Gasteiger partial charge in [-0.25, -0.2) is 9.37 Å². The van der Waals surface area contributed by atoms with Gasteiger partial charge in [0.25, 0.3) is 0 Å². The lowest BCUT2D eigenvalue weighted by molar-refractivity contribution is -0.145. The molecule has 2 aliphatic rings. The van der Waals surface area contributed by atoms with E-state index in [1.165, 1.54) is 22.6 Å². The van der Waals surface area contributed by atoms with Crippen molar-refractivity contribution in [3.63, 3.8) is 0 Å². The smallest absolute Gasteiger partial charge is 0.156 e. The Kier molecular flexibility index (Phi) is 6.08. The standard InChI is InChI=1S/C24H27FN8O/c1-17-20(11-26)22(25)5-4-21(17)24(2)15-32-10-9-31(13-19(32)14-34-24)8-7-18-3-6-23(27-12-18)33-16-28-29-30-33/h3-6,12,16,19H,7-10,13-15H2,1-2H3/t19-,24-/m0/s1. The summed E-state index contributed by atoms with van der Waals surface area (Å²) in [5.41, 5.74) is 2.28. The molecule has 0 bridgehead atoms. The largest absolute Gasteiger partial charge is 0.368 e. The van der Waals surface area contributed by atoms with E-state index >= 15 is 0 Å². The molecule has 2 atom stereocenters. The van der Waals surface area contributed by atoms with Crippen LogP contribution in [0, 0.1) is 24.1 Å². The van der Waals surface area contributed by atoms with Crippen LogP contribution in [0.15, 0.2) is 36.8 Å². The molecule has 0 unspecified atom stereocenters. The maximum atomic E-state index is 14.0. The number of hydrogen-bond acceptors (Lipinski definition) is 8. The third-order valence-corrected chi connectivity index (χ3v) is 6.99. The minimum Gasteiger partial charge on any atom is -0.368 e. The quantitative estimate of drug-likeness (QED) is 0.567. The zero-order chi connectivity index (χ0) is 23.7. The molecule has 4 heterocycles. The van der Waals surface area contributed by atoms with Crippen molar-refractivity contribution in [3.8, 4) is 11.9 Å². The molecule has 34 heavy (non-hydrogen) atoms. The van der Waals surface area contributed by atoms with Crippen LogP contribution < -0.4 is 0 Å². The lowest BCUT2D eigenvalue weighted by atomic mass is 9.87. The average molecular weight is 463 g/mol. The minimum absolute atomic E-state index is 0.106. The molecule has 1 aromatic carbocycles. The number of benzene rings is 1. The maximum absolute atomic E-state index is 14.0. The van der Waals surface area contributed by atoms with E-state index < -0.39 is 11.4 Å². The van der Waals surface area contributed by atoms with Gasteiger partial charge in [-0.1, -0.05) is 12.1 Å². The third kappa shape index (κ3) is 4.30. The summed E-state index contributed by atoms with van der Waals surface area (Å²) in [7, 11) is 0. The Morgan fingerprint density at radius 3 is 2.88 bits per heavy atom. The maximum Gasteiger partial charge on any atom is 0.156 e. The molecule has 3 aromatic rings. The Balaban J connectivity index is 1.18. The van der Waals surface area contributed by atoms with Crippen molar-refractivity contribution >= 4 is 0 Å². The highest BCUT2D eigenvalue weighted by Gasteiger charge is 2.41. The monoisotopic (exact) mass is 462 g/mol. The predicted octanol–water partition coefficient (Wildman–Crippen LogP) is 1.85. The van der Waals surface area contributed by atoms with Gasteiger partial charge >= 0.3 is 0 Å². The van der Waals surface area contributed by atoms with E-state index in [2.05, 4.69) is 36.4 Å². The van der Waals surface area contributed by atoms with Crippen LogP contribution in [0.4, 0.5) is 4.39 Å². The van der Waals surface area contributed by atoms with Crippen LogP contribution >= 0.6 is 0 Å². The Bertz CT molecular complexity index is 1190. The SMILES string of the molecule is Cc1c([C@]2(C)CN3CCN(CCc4ccc(-n5cnnn5)nc4)C[C@H]3CO2)ccc(F)c1C#N. The molecule has 0 spiro atoms. The molecule has 2 saturated heterocycles. The van der Waals surface area contributed by atoms with E-state index in [1.54, 1.807) is 13.0 Å². The highest BCUT2D eigenvalue weighted by Crippen LogP contribution is 2.35. The average Bonchev–Trinajstić information content (AvgIpc) is 3.38. The fraction of sp³-hybridized carbons (Fsp3) is 0.458. The summed E-state index contributed by atoms with van der Waals surface area (Å²) in [5, 5.41) is 20.5. The highest BCUT2D eigenvalue weighted by molar-refractivity contribution is 5.45. The van der Waals surface area contributed by atoms with Crippen molar-refractivity contribution in [3.05, 3.63) is 64.9 Å². The molecule has 2 aliphatic heterocycles. The van der Waals surface area contributed by atoms with Crippen LogP contribution in [0.25, 0.3) is 5.82 Å². The molecule has 0 saturated carbocycles. The van der Waals surface area contributed by atoms with Crippen molar-refractivity contribution in [2.24, 2.45) is 0 Å². The molecule has 2 aromatic heterocycles. The number of nitriles is 1. The number of fused-ring (bicyclic) bond motifs is 1. The topological polar surface area (TPSA) is 96.0 Å². The van der Waals surface area contributed by atoms with Gasteiger partial charge in [-0.2, -0.15) is 9.94 Å². The summed E-state index contributed by atoms with van der Waals surface area (Å²) in [6, 6.07) is 9.45. The van der Waals surface area contributed by atoms with Crippen molar-refractivity contribution < 1.29 is 9.13 Å². The summed E-state index contributed by atoms with van der Waals surface area (Å²) in [6.07, 6.45) is 4.32. The number of aromatic nitrogens is 5. The minimum atomic E-state index is -0.560. The second kappa shape index (κ2) is 9.18. The van der Waals surface area contributed by atoms with Gasteiger partial charge in [0.1, 0.15) is 23.8 Å². The first-order valence-corrected chi connectivity index (χ1v) is 11.5. The molecule has 0 amide bonds. The summed E-state index contributed by atoms with van der Waals surface area (Å²) in [4.78, 5) is 9.39. The van der Waals surface area contributed by atoms with Gasteiger partial charge in [0.05, 0.1) is 12.2 Å². The normalized spacial score (nSPS) is 23.4. The van der Waals surface area contributed by atoms with Gasteiger partial charge in [-0.15, -0.1) is 5.10 Å². The number of rotatable bonds is 5. The number of halogens is 1. The highest BCUT2D eigenvalue weighted by atomic mass is 19.1. The van der Waals surface area contributed by atoms with Crippen molar-refractivity contribution in [2.45, 2.75) is 31.9 Å². The number of pyridine rings is 1. The molecular weight excluding hydrogens is 435 g/mol. The number of hydrogen-bond donors (Lipinski definition) is 0. The van der Waals surface area contributed by atoms with Crippen molar-refractivity contribution in [1.82, 2.24) is 35.0 Å². The molecule has 0 radical (unpaired) electrons.